The maximum atomic E-state index is 12.6. The number of hydrogen-bond acceptors (Lipinski definition) is 5. The lowest BCUT2D eigenvalue weighted by Gasteiger charge is -2.22. The van der Waals surface area contributed by atoms with Crippen molar-refractivity contribution >= 4 is 11.9 Å². The Labute approximate surface area is 526 Å². The lowest BCUT2D eigenvalue weighted by Crippen LogP contribution is -2.45. The molecule has 0 heterocycles. The summed E-state index contributed by atoms with van der Waals surface area (Å²) in [6.45, 7) is 4.93. The summed E-state index contributed by atoms with van der Waals surface area (Å²) in [4.78, 5) is 24.6. The average Bonchev–Trinajstić information content (AvgIpc) is 3.51. The van der Waals surface area contributed by atoms with Gasteiger partial charge in [0.05, 0.1) is 25.4 Å². The minimum absolute atomic E-state index is 0.00661. The maximum Gasteiger partial charge on any atom is 0.305 e. The van der Waals surface area contributed by atoms with E-state index >= 15 is 0 Å². The van der Waals surface area contributed by atoms with Gasteiger partial charge in [-0.15, -0.1) is 0 Å². The highest BCUT2D eigenvalue weighted by Crippen LogP contribution is 2.20. The Morgan fingerprint density at radius 1 is 0.333 bits per heavy atom. The third-order valence-corrected chi connectivity index (χ3v) is 18.2. The quantitative estimate of drug-likeness (QED) is 0.0320. The monoisotopic (exact) mass is 1180 g/mol. The Morgan fingerprint density at radius 2 is 0.619 bits per heavy atom. The fourth-order valence-electron chi connectivity index (χ4n) is 12.4. The van der Waals surface area contributed by atoms with E-state index in [0.29, 0.717) is 25.9 Å². The van der Waals surface area contributed by atoms with Crippen molar-refractivity contribution in [2.24, 2.45) is 0 Å². The van der Waals surface area contributed by atoms with Gasteiger partial charge in [0.1, 0.15) is 0 Å². The molecule has 0 aliphatic rings. The van der Waals surface area contributed by atoms with Gasteiger partial charge in [-0.3, -0.25) is 9.59 Å². The highest BCUT2D eigenvalue weighted by atomic mass is 16.5. The van der Waals surface area contributed by atoms with Crippen molar-refractivity contribution in [1.82, 2.24) is 5.32 Å². The molecule has 0 saturated heterocycles. The summed E-state index contributed by atoms with van der Waals surface area (Å²) in [6.07, 6.45) is 94.1. The summed E-state index contributed by atoms with van der Waals surface area (Å²) in [5, 5.41) is 23.5. The van der Waals surface area contributed by atoms with E-state index in [1.54, 1.807) is 0 Å². The molecule has 0 saturated carbocycles. The number of allylic oxidation sites excluding steroid dienone is 4. The number of aliphatic hydroxyl groups is 2. The van der Waals surface area contributed by atoms with Gasteiger partial charge in [-0.25, -0.2) is 0 Å². The van der Waals surface area contributed by atoms with Crippen molar-refractivity contribution in [3.05, 3.63) is 24.3 Å². The minimum atomic E-state index is -0.662. The first kappa shape index (κ1) is 82.3. The molecule has 2 atom stereocenters. The van der Waals surface area contributed by atoms with Crippen molar-refractivity contribution in [3.8, 4) is 0 Å². The number of unbranched alkanes of at least 4 members (excludes halogenated alkanes) is 58. The zero-order valence-electron chi connectivity index (χ0n) is 57.2. The van der Waals surface area contributed by atoms with E-state index in [2.05, 4.69) is 43.5 Å². The largest absolute Gasteiger partial charge is 0.466 e. The number of amides is 1. The van der Waals surface area contributed by atoms with E-state index in [4.69, 9.17) is 4.74 Å². The van der Waals surface area contributed by atoms with Crippen LogP contribution in [0.3, 0.4) is 0 Å². The second-order valence-corrected chi connectivity index (χ2v) is 26.7. The van der Waals surface area contributed by atoms with Crippen LogP contribution in [0.4, 0.5) is 0 Å². The van der Waals surface area contributed by atoms with Gasteiger partial charge in [0.25, 0.3) is 0 Å². The number of rotatable bonds is 73. The molecule has 0 aromatic rings. The number of nitrogens with one attached hydrogen (secondary N) is 1. The van der Waals surface area contributed by atoms with E-state index in [1.165, 1.54) is 353 Å². The van der Waals surface area contributed by atoms with Crippen molar-refractivity contribution < 1.29 is 24.5 Å². The normalized spacial score (nSPS) is 12.6. The Kier molecular flexibility index (Phi) is 72.3. The third-order valence-electron chi connectivity index (χ3n) is 18.2. The van der Waals surface area contributed by atoms with Crippen LogP contribution in [0.1, 0.15) is 438 Å². The van der Waals surface area contributed by atoms with Crippen LogP contribution in [0, 0.1) is 0 Å². The molecule has 0 aromatic carbocycles. The Bertz CT molecular complexity index is 1320. The lowest BCUT2D eigenvalue weighted by molar-refractivity contribution is -0.143. The molecule has 84 heavy (non-hydrogen) atoms. The molecule has 6 nitrogen and oxygen atoms in total. The van der Waals surface area contributed by atoms with Gasteiger partial charge >= 0.3 is 5.97 Å². The van der Waals surface area contributed by atoms with Crippen molar-refractivity contribution in [2.45, 2.75) is 450 Å². The number of esters is 1. The number of carbonyl (C=O) groups excluding carboxylic acids is 2. The third kappa shape index (κ3) is 69.4. The van der Waals surface area contributed by atoms with E-state index in [1.807, 2.05) is 0 Å². The molecule has 0 radical (unpaired) electrons. The van der Waals surface area contributed by atoms with Crippen molar-refractivity contribution in [3.63, 3.8) is 0 Å². The minimum Gasteiger partial charge on any atom is -0.466 e. The van der Waals surface area contributed by atoms with Gasteiger partial charge in [-0.1, -0.05) is 398 Å². The first-order valence-electron chi connectivity index (χ1n) is 38.6. The van der Waals surface area contributed by atoms with Gasteiger partial charge in [0, 0.05) is 12.8 Å². The predicted molar refractivity (Wildman–Crippen MR) is 370 cm³/mol. The summed E-state index contributed by atoms with van der Waals surface area (Å²) in [7, 11) is 0. The van der Waals surface area contributed by atoms with Crippen LogP contribution in [0.5, 0.6) is 0 Å². The second kappa shape index (κ2) is 73.8. The molecule has 1 amide bonds. The Balaban J connectivity index is 3.33. The first-order chi connectivity index (χ1) is 41.5. The number of ether oxygens (including phenoxy) is 1. The van der Waals surface area contributed by atoms with Crippen LogP contribution in [0.2, 0.25) is 0 Å². The molecule has 3 N–H and O–H groups in total. The highest BCUT2D eigenvalue weighted by Gasteiger charge is 2.20. The molecule has 0 aromatic heterocycles. The number of aliphatic hydroxyl groups excluding tert-OH is 2. The Hall–Kier alpha value is -1.66. The van der Waals surface area contributed by atoms with E-state index < -0.39 is 12.1 Å². The molecular weight excluding hydrogens is 1030 g/mol. The smallest absolute Gasteiger partial charge is 0.305 e. The maximum absolute atomic E-state index is 12.6. The van der Waals surface area contributed by atoms with Crippen LogP contribution in [-0.2, 0) is 14.3 Å². The summed E-state index contributed by atoms with van der Waals surface area (Å²) in [5.74, 6) is -0.0185. The van der Waals surface area contributed by atoms with Crippen LogP contribution < -0.4 is 5.32 Å². The van der Waals surface area contributed by atoms with Crippen LogP contribution in [-0.4, -0.2) is 47.4 Å². The van der Waals surface area contributed by atoms with Gasteiger partial charge in [-0.2, -0.15) is 0 Å². The summed E-state index contributed by atoms with van der Waals surface area (Å²) >= 11 is 0. The van der Waals surface area contributed by atoms with Crippen molar-refractivity contribution in [2.75, 3.05) is 13.2 Å². The first-order valence-corrected chi connectivity index (χ1v) is 38.6. The van der Waals surface area contributed by atoms with Crippen LogP contribution in [0.15, 0.2) is 24.3 Å². The standard InChI is InChI=1S/C78H151NO5/c1-3-5-7-9-11-13-15-17-18-19-20-21-34-37-40-43-47-50-54-58-62-66-70-76(81)75(74-80)79-77(82)71-67-63-59-55-51-48-44-41-38-35-32-30-28-26-24-22-23-25-27-29-31-33-36-39-42-45-49-53-57-61-65-69-73-84-78(83)72-68-64-60-56-52-46-16-14-12-10-8-6-4-2/h8,10,14,16,75-76,80-81H,3-7,9,11-13,15,17-74H2,1-2H3,(H,79,82)/b10-8-,16-14-. The predicted octanol–water partition coefficient (Wildman–Crippen LogP) is 25.3. The van der Waals surface area contributed by atoms with Gasteiger partial charge in [-0.05, 0) is 51.4 Å². The second-order valence-electron chi connectivity index (χ2n) is 26.7. The molecule has 0 rings (SSSR count). The molecule has 0 bridgehead atoms. The van der Waals surface area contributed by atoms with E-state index in [-0.39, 0.29) is 18.5 Å². The van der Waals surface area contributed by atoms with E-state index in [9.17, 15) is 19.8 Å². The molecular formula is C78H151NO5. The van der Waals surface area contributed by atoms with Crippen molar-refractivity contribution in [1.29, 1.82) is 0 Å². The van der Waals surface area contributed by atoms with Crippen LogP contribution >= 0.6 is 0 Å². The fraction of sp³-hybridized carbons (Fsp3) is 0.923. The molecule has 0 spiro atoms. The zero-order chi connectivity index (χ0) is 60.6. The number of hydrogen-bond donors (Lipinski definition) is 3. The molecule has 0 aliphatic carbocycles. The molecule has 2 unspecified atom stereocenters. The summed E-state index contributed by atoms with van der Waals surface area (Å²) < 4.78 is 5.48. The SMILES string of the molecule is CCC/C=C\C/C=C\CCCCCCCC(=O)OCCCCCCCCCCCCCCCCCCCCCCCCCCCCCCCCCCC(=O)NC(CO)C(O)CCCCCCCCCCCCCCCCCCCCCCCC. The number of carbonyl (C=O) groups is 2. The Morgan fingerprint density at radius 3 is 0.952 bits per heavy atom. The summed E-state index contributed by atoms with van der Waals surface area (Å²) in [5.41, 5.74) is 0. The molecule has 0 aliphatic heterocycles. The van der Waals surface area contributed by atoms with Gasteiger partial charge in [0.15, 0.2) is 0 Å². The molecule has 498 valence electrons. The zero-order valence-corrected chi connectivity index (χ0v) is 57.2. The van der Waals surface area contributed by atoms with Gasteiger partial charge < -0.3 is 20.3 Å². The van der Waals surface area contributed by atoms with Crippen LogP contribution in [0.25, 0.3) is 0 Å². The molecule has 0 fully saturated rings. The molecule has 6 heteroatoms. The highest BCUT2D eigenvalue weighted by molar-refractivity contribution is 5.76. The fourth-order valence-corrected chi connectivity index (χ4v) is 12.4. The average molecular weight is 1180 g/mol. The summed E-state index contributed by atoms with van der Waals surface area (Å²) in [6, 6.07) is -0.539. The van der Waals surface area contributed by atoms with Gasteiger partial charge in [0.2, 0.25) is 5.91 Å². The topological polar surface area (TPSA) is 95.9 Å². The van der Waals surface area contributed by atoms with E-state index in [0.717, 1.165) is 51.4 Å². The lowest BCUT2D eigenvalue weighted by atomic mass is 10.0.